The van der Waals surface area contributed by atoms with Gasteiger partial charge in [-0.2, -0.15) is 0 Å². The minimum atomic E-state index is 0.843. The molecular formula is C15H18N2. The van der Waals surface area contributed by atoms with E-state index < -0.39 is 0 Å². The summed E-state index contributed by atoms with van der Waals surface area (Å²) < 4.78 is 0. The van der Waals surface area contributed by atoms with Crippen molar-refractivity contribution < 1.29 is 0 Å². The Morgan fingerprint density at radius 3 is 1.65 bits per heavy atom. The number of rotatable bonds is 1. The fraction of sp³-hybridized carbons (Fsp3) is 0.333. The Hall–Kier alpha value is -1.70. The highest BCUT2D eigenvalue weighted by molar-refractivity contribution is 5.74. The minimum Gasteiger partial charge on any atom is -0.238 e. The Balaban J connectivity index is 2.77. The van der Waals surface area contributed by atoms with Crippen molar-refractivity contribution in [2.75, 3.05) is 0 Å². The van der Waals surface area contributed by atoms with Gasteiger partial charge in [-0.3, -0.25) is 0 Å². The summed E-state index contributed by atoms with van der Waals surface area (Å²) in [6.45, 7) is 10.3. The average Bonchev–Trinajstić information content (AvgIpc) is 2.21. The number of hydrogen-bond donors (Lipinski definition) is 0. The predicted molar refractivity (Wildman–Crippen MR) is 71.2 cm³/mol. The molecule has 2 aromatic rings. The number of nitrogens with zero attached hydrogens (tertiary/aromatic N) is 2. The quantitative estimate of drug-likeness (QED) is 0.741. The third-order valence-corrected chi connectivity index (χ3v) is 3.11. The number of aryl methyl sites for hydroxylation is 5. The van der Waals surface area contributed by atoms with Crippen molar-refractivity contribution in [2.45, 2.75) is 34.6 Å². The third kappa shape index (κ3) is 2.07. The van der Waals surface area contributed by atoms with Crippen LogP contribution in [0.5, 0.6) is 0 Å². The number of benzene rings is 1. The third-order valence-electron chi connectivity index (χ3n) is 3.11. The molecule has 1 aromatic carbocycles. The van der Waals surface area contributed by atoms with Crippen LogP contribution in [-0.2, 0) is 0 Å². The molecule has 0 bridgehead atoms. The highest BCUT2D eigenvalue weighted by Gasteiger charge is 2.13. The first-order chi connectivity index (χ1) is 8.00. The largest absolute Gasteiger partial charge is 0.238 e. The van der Waals surface area contributed by atoms with Crippen LogP contribution in [-0.4, -0.2) is 9.97 Å². The minimum absolute atomic E-state index is 0.843. The molecule has 0 aliphatic rings. The second kappa shape index (κ2) is 4.28. The Bertz CT molecular complexity index is 528. The lowest BCUT2D eigenvalue weighted by molar-refractivity contribution is 0.979. The molecule has 0 spiro atoms. The molecule has 0 saturated heterocycles. The van der Waals surface area contributed by atoms with E-state index in [4.69, 9.17) is 0 Å². The Morgan fingerprint density at radius 2 is 1.18 bits per heavy atom. The van der Waals surface area contributed by atoms with Crippen LogP contribution in [0.3, 0.4) is 0 Å². The van der Waals surface area contributed by atoms with Crippen molar-refractivity contribution in [1.82, 2.24) is 9.97 Å². The fourth-order valence-corrected chi connectivity index (χ4v) is 2.45. The molecule has 0 radical (unpaired) electrons. The van der Waals surface area contributed by atoms with E-state index in [1.54, 1.807) is 0 Å². The van der Waals surface area contributed by atoms with E-state index in [0.29, 0.717) is 0 Å². The van der Waals surface area contributed by atoms with Gasteiger partial charge in [-0.25, -0.2) is 9.97 Å². The van der Waals surface area contributed by atoms with Crippen LogP contribution in [0.25, 0.3) is 11.1 Å². The molecule has 0 amide bonds. The zero-order chi connectivity index (χ0) is 12.6. The summed E-state index contributed by atoms with van der Waals surface area (Å²) in [6.07, 6.45) is 0. The highest BCUT2D eigenvalue weighted by Crippen LogP contribution is 2.30. The smallest absolute Gasteiger partial charge is 0.125 e. The van der Waals surface area contributed by atoms with E-state index in [1.807, 2.05) is 6.92 Å². The molecule has 2 rings (SSSR count). The number of aromatic nitrogens is 2. The summed E-state index contributed by atoms with van der Waals surface area (Å²) >= 11 is 0. The molecule has 0 aliphatic carbocycles. The highest BCUT2D eigenvalue weighted by atomic mass is 14.9. The van der Waals surface area contributed by atoms with E-state index in [0.717, 1.165) is 17.2 Å². The van der Waals surface area contributed by atoms with E-state index >= 15 is 0 Å². The Morgan fingerprint density at radius 1 is 0.706 bits per heavy atom. The van der Waals surface area contributed by atoms with Crippen molar-refractivity contribution in [3.63, 3.8) is 0 Å². The lowest BCUT2D eigenvalue weighted by Crippen LogP contribution is -2.01. The molecule has 17 heavy (non-hydrogen) atoms. The van der Waals surface area contributed by atoms with Crippen molar-refractivity contribution in [3.05, 3.63) is 46.5 Å². The lowest BCUT2D eigenvalue weighted by atomic mass is 9.94. The van der Waals surface area contributed by atoms with Gasteiger partial charge in [-0.1, -0.05) is 18.2 Å². The maximum atomic E-state index is 4.48. The van der Waals surface area contributed by atoms with Gasteiger partial charge in [0.1, 0.15) is 5.82 Å². The summed E-state index contributed by atoms with van der Waals surface area (Å²) in [4.78, 5) is 8.96. The van der Waals surface area contributed by atoms with Gasteiger partial charge in [0.2, 0.25) is 0 Å². The van der Waals surface area contributed by atoms with Crippen LogP contribution in [0.15, 0.2) is 18.2 Å². The summed E-state index contributed by atoms with van der Waals surface area (Å²) in [6, 6.07) is 6.37. The van der Waals surface area contributed by atoms with Gasteiger partial charge in [-0.05, 0) is 51.3 Å². The first-order valence-electron chi connectivity index (χ1n) is 5.89. The van der Waals surface area contributed by atoms with E-state index in [-0.39, 0.29) is 0 Å². The van der Waals surface area contributed by atoms with Gasteiger partial charge >= 0.3 is 0 Å². The van der Waals surface area contributed by atoms with Crippen LogP contribution in [0.2, 0.25) is 0 Å². The molecular weight excluding hydrogens is 208 g/mol. The molecule has 2 heteroatoms. The van der Waals surface area contributed by atoms with Gasteiger partial charge < -0.3 is 0 Å². The average molecular weight is 226 g/mol. The molecule has 0 atom stereocenters. The SMILES string of the molecule is Cc1nc(C)c(-c2c(C)cccc2C)c(C)n1. The van der Waals surface area contributed by atoms with Crippen LogP contribution < -0.4 is 0 Å². The van der Waals surface area contributed by atoms with Gasteiger partial charge in [0.15, 0.2) is 0 Å². The monoisotopic (exact) mass is 226 g/mol. The Kier molecular flexibility index (Phi) is 2.97. The molecule has 2 nitrogen and oxygen atoms in total. The normalized spacial score (nSPS) is 10.6. The van der Waals surface area contributed by atoms with Crippen LogP contribution >= 0.6 is 0 Å². The fourth-order valence-electron chi connectivity index (χ4n) is 2.45. The molecule has 0 saturated carbocycles. The first kappa shape index (κ1) is 11.8. The van der Waals surface area contributed by atoms with E-state index in [2.05, 4.69) is 55.9 Å². The number of hydrogen-bond acceptors (Lipinski definition) is 2. The summed E-state index contributed by atoms with van der Waals surface area (Å²) in [7, 11) is 0. The van der Waals surface area contributed by atoms with Gasteiger partial charge in [-0.15, -0.1) is 0 Å². The maximum Gasteiger partial charge on any atom is 0.125 e. The molecule has 0 fully saturated rings. The second-order valence-electron chi connectivity index (χ2n) is 4.58. The topological polar surface area (TPSA) is 25.8 Å². The molecule has 1 heterocycles. The van der Waals surface area contributed by atoms with Crippen molar-refractivity contribution in [2.24, 2.45) is 0 Å². The van der Waals surface area contributed by atoms with Crippen LogP contribution in [0.1, 0.15) is 28.3 Å². The first-order valence-corrected chi connectivity index (χ1v) is 5.89. The van der Waals surface area contributed by atoms with E-state index in [9.17, 15) is 0 Å². The zero-order valence-corrected chi connectivity index (χ0v) is 11.1. The standard InChI is InChI=1S/C15H18N2/c1-9-7-6-8-10(2)14(9)15-11(3)16-13(5)17-12(15)4/h6-8H,1-5H3. The van der Waals surface area contributed by atoms with Gasteiger partial charge in [0.25, 0.3) is 0 Å². The molecule has 1 aromatic heterocycles. The lowest BCUT2D eigenvalue weighted by Gasteiger charge is -2.14. The molecule has 0 N–H and O–H groups in total. The van der Waals surface area contributed by atoms with Crippen molar-refractivity contribution in [1.29, 1.82) is 0 Å². The van der Waals surface area contributed by atoms with Crippen LogP contribution in [0, 0.1) is 34.6 Å². The summed E-state index contributed by atoms with van der Waals surface area (Å²) in [5, 5.41) is 0. The predicted octanol–water partition coefficient (Wildman–Crippen LogP) is 3.69. The maximum absolute atomic E-state index is 4.48. The van der Waals surface area contributed by atoms with E-state index in [1.165, 1.54) is 22.3 Å². The molecule has 0 aliphatic heterocycles. The van der Waals surface area contributed by atoms with Crippen LogP contribution in [0.4, 0.5) is 0 Å². The Labute approximate surface area is 103 Å². The second-order valence-corrected chi connectivity index (χ2v) is 4.58. The summed E-state index contributed by atoms with van der Waals surface area (Å²) in [5.74, 6) is 0.843. The summed E-state index contributed by atoms with van der Waals surface area (Å²) in [5.41, 5.74) is 7.15. The van der Waals surface area contributed by atoms with Crippen molar-refractivity contribution >= 4 is 0 Å². The van der Waals surface area contributed by atoms with Gasteiger partial charge in [0.05, 0.1) is 0 Å². The van der Waals surface area contributed by atoms with Crippen molar-refractivity contribution in [3.8, 4) is 11.1 Å². The van der Waals surface area contributed by atoms with Gasteiger partial charge in [0, 0.05) is 17.0 Å². The zero-order valence-electron chi connectivity index (χ0n) is 11.1. The molecule has 88 valence electrons. The molecule has 0 unspecified atom stereocenters.